The van der Waals surface area contributed by atoms with Crippen molar-refractivity contribution in [2.75, 3.05) is 10.6 Å². The molecule has 0 bridgehead atoms. The summed E-state index contributed by atoms with van der Waals surface area (Å²) in [6.45, 7) is 0. The number of aromatic nitrogens is 4. The monoisotopic (exact) mass is 610 g/mol. The molecule has 0 amide bonds. The molecular formula is C30H32Cl2N6O4. The van der Waals surface area contributed by atoms with Crippen LogP contribution in [0.15, 0.2) is 73.6 Å². The average Bonchev–Trinajstić information content (AvgIpc) is 3.60. The van der Waals surface area contributed by atoms with E-state index in [2.05, 4.69) is 30.6 Å². The molecule has 0 aliphatic heterocycles. The van der Waals surface area contributed by atoms with Crippen LogP contribution in [0.25, 0.3) is 0 Å². The van der Waals surface area contributed by atoms with Crippen LogP contribution in [-0.4, -0.2) is 54.4 Å². The van der Waals surface area contributed by atoms with Gasteiger partial charge >= 0.3 is 0 Å². The normalized spacial score (nSPS) is 21.2. The minimum absolute atomic E-state index is 0.00691. The molecule has 2 aliphatic carbocycles. The van der Waals surface area contributed by atoms with Crippen LogP contribution in [0.4, 0.5) is 11.6 Å². The summed E-state index contributed by atoms with van der Waals surface area (Å²) < 4.78 is 11.6. The smallest absolute Gasteiger partial charge is 0.187 e. The molecule has 42 heavy (non-hydrogen) atoms. The number of nitrogens with one attached hydrogen (secondary N) is 2. The van der Waals surface area contributed by atoms with E-state index in [-0.39, 0.29) is 24.3 Å². The maximum atomic E-state index is 9.90. The summed E-state index contributed by atoms with van der Waals surface area (Å²) in [5, 5.41) is 27.3. The van der Waals surface area contributed by atoms with Crippen molar-refractivity contribution in [1.82, 2.24) is 19.9 Å². The van der Waals surface area contributed by atoms with E-state index < -0.39 is 0 Å². The SMILES string of the molecule is O[C@@H]1CCC[C@H]1Nc1ncncc1Oc1ccc(Cl)cc1.O[C@H]1CC[C@H](Nc2ncncc2Oc2ccc(Cl)cc2)C1. The Balaban J connectivity index is 0.000000168. The molecule has 2 aliphatic rings. The second-order valence-corrected chi connectivity index (χ2v) is 11.0. The van der Waals surface area contributed by atoms with Gasteiger partial charge in [-0.05, 0) is 87.1 Å². The molecule has 4 N–H and O–H groups in total. The van der Waals surface area contributed by atoms with E-state index >= 15 is 0 Å². The van der Waals surface area contributed by atoms with E-state index in [1.807, 2.05) is 0 Å². The lowest BCUT2D eigenvalue weighted by atomic mass is 10.2. The molecule has 0 saturated heterocycles. The second kappa shape index (κ2) is 14.5. The van der Waals surface area contributed by atoms with E-state index in [9.17, 15) is 10.2 Å². The third kappa shape index (κ3) is 8.42. The van der Waals surface area contributed by atoms with Crippen LogP contribution in [0.2, 0.25) is 10.0 Å². The number of benzene rings is 2. The Morgan fingerprint density at radius 3 is 1.71 bits per heavy atom. The zero-order valence-electron chi connectivity index (χ0n) is 22.7. The van der Waals surface area contributed by atoms with Gasteiger partial charge in [-0.1, -0.05) is 23.2 Å². The van der Waals surface area contributed by atoms with Crippen molar-refractivity contribution in [3.05, 3.63) is 83.6 Å². The summed E-state index contributed by atoms with van der Waals surface area (Å²) in [5.74, 6) is 3.64. The Kier molecular flexibility index (Phi) is 10.3. The average molecular weight is 612 g/mol. The topological polar surface area (TPSA) is 135 Å². The first-order valence-electron chi connectivity index (χ1n) is 13.8. The number of aliphatic hydroxyl groups excluding tert-OH is 2. The highest BCUT2D eigenvalue weighted by atomic mass is 35.5. The molecule has 2 heterocycles. The van der Waals surface area contributed by atoms with Crippen LogP contribution in [0.3, 0.4) is 0 Å². The van der Waals surface area contributed by atoms with Crippen LogP contribution in [-0.2, 0) is 0 Å². The van der Waals surface area contributed by atoms with Crippen molar-refractivity contribution < 1.29 is 19.7 Å². The second-order valence-electron chi connectivity index (χ2n) is 10.1. The van der Waals surface area contributed by atoms with Gasteiger partial charge in [0.25, 0.3) is 0 Å². The van der Waals surface area contributed by atoms with Crippen molar-refractivity contribution in [1.29, 1.82) is 0 Å². The minimum atomic E-state index is -0.344. The number of ether oxygens (including phenoxy) is 2. The van der Waals surface area contributed by atoms with Crippen LogP contribution >= 0.6 is 23.2 Å². The summed E-state index contributed by atoms with van der Waals surface area (Å²) >= 11 is 11.7. The fraction of sp³-hybridized carbons (Fsp3) is 0.333. The van der Waals surface area contributed by atoms with Gasteiger partial charge in [0, 0.05) is 16.1 Å². The Morgan fingerprint density at radius 2 is 1.24 bits per heavy atom. The number of anilines is 2. The van der Waals surface area contributed by atoms with Gasteiger partial charge in [0.05, 0.1) is 30.6 Å². The van der Waals surface area contributed by atoms with Crippen LogP contribution in [0.1, 0.15) is 38.5 Å². The van der Waals surface area contributed by atoms with E-state index in [4.69, 9.17) is 32.7 Å². The fourth-order valence-electron chi connectivity index (χ4n) is 4.83. The highest BCUT2D eigenvalue weighted by Gasteiger charge is 2.26. The van der Waals surface area contributed by atoms with E-state index in [1.165, 1.54) is 12.7 Å². The van der Waals surface area contributed by atoms with Crippen LogP contribution in [0.5, 0.6) is 23.0 Å². The summed E-state index contributed by atoms with van der Waals surface area (Å²) in [5.41, 5.74) is 0. The number of halogens is 2. The molecule has 2 fully saturated rings. The standard InChI is InChI=1S/2C15H16ClN3O2/c16-10-1-5-13(6-2-10)21-14-8-17-9-18-15(14)19-11-3-4-12(20)7-11;16-10-4-6-11(7-5-10)21-14-8-17-9-18-15(14)19-12-2-1-3-13(12)20/h1-2,5-6,8-9,11-12,20H,3-4,7H2,(H,17,18,19);4-9,12-13,20H,1-3H2,(H,17,18,19)/t11-,12-;12-,13-/m01/s1. The number of nitrogens with zero attached hydrogens (tertiary/aromatic N) is 4. The van der Waals surface area contributed by atoms with Crippen molar-refractivity contribution in [2.24, 2.45) is 0 Å². The Labute approximate surface area is 254 Å². The Morgan fingerprint density at radius 1 is 0.690 bits per heavy atom. The molecule has 220 valence electrons. The quantitative estimate of drug-likeness (QED) is 0.175. The first-order valence-corrected chi connectivity index (χ1v) is 14.5. The highest BCUT2D eigenvalue weighted by molar-refractivity contribution is 6.30. The third-order valence-electron chi connectivity index (χ3n) is 6.99. The predicted molar refractivity (Wildman–Crippen MR) is 162 cm³/mol. The first kappa shape index (κ1) is 29.8. The predicted octanol–water partition coefficient (Wildman–Crippen LogP) is 6.50. The molecule has 10 nitrogen and oxygen atoms in total. The van der Waals surface area contributed by atoms with Gasteiger partial charge in [-0.2, -0.15) is 0 Å². The van der Waals surface area contributed by atoms with Crippen LogP contribution in [0, 0.1) is 0 Å². The van der Waals surface area contributed by atoms with Gasteiger partial charge < -0.3 is 30.3 Å². The molecular weight excluding hydrogens is 579 g/mol. The van der Waals surface area contributed by atoms with E-state index in [0.29, 0.717) is 44.7 Å². The number of hydrogen-bond acceptors (Lipinski definition) is 10. The molecule has 4 aromatic rings. The lowest BCUT2D eigenvalue weighted by molar-refractivity contribution is 0.171. The van der Waals surface area contributed by atoms with E-state index in [0.717, 1.165) is 38.5 Å². The maximum absolute atomic E-state index is 9.90. The molecule has 0 spiro atoms. The molecule has 12 heteroatoms. The van der Waals surface area contributed by atoms with Crippen molar-refractivity contribution in [2.45, 2.75) is 62.8 Å². The zero-order chi connectivity index (χ0) is 29.3. The number of hydrogen-bond donors (Lipinski definition) is 4. The van der Waals surface area contributed by atoms with Gasteiger partial charge in [0.2, 0.25) is 0 Å². The number of aliphatic hydroxyl groups is 2. The molecule has 4 atom stereocenters. The van der Waals surface area contributed by atoms with Crippen molar-refractivity contribution in [3.8, 4) is 23.0 Å². The molecule has 2 saturated carbocycles. The van der Waals surface area contributed by atoms with Gasteiger partial charge in [-0.25, -0.2) is 19.9 Å². The Hall–Kier alpha value is -3.70. The zero-order valence-corrected chi connectivity index (χ0v) is 24.2. The minimum Gasteiger partial charge on any atom is -0.452 e. The van der Waals surface area contributed by atoms with Gasteiger partial charge in [0.1, 0.15) is 24.2 Å². The van der Waals surface area contributed by atoms with E-state index in [1.54, 1.807) is 60.9 Å². The third-order valence-corrected chi connectivity index (χ3v) is 7.49. The van der Waals surface area contributed by atoms with Gasteiger partial charge in [-0.3, -0.25) is 0 Å². The van der Waals surface area contributed by atoms with Crippen molar-refractivity contribution in [3.63, 3.8) is 0 Å². The highest BCUT2D eigenvalue weighted by Crippen LogP contribution is 2.32. The molecule has 6 rings (SSSR count). The lowest BCUT2D eigenvalue weighted by Crippen LogP contribution is -2.28. The van der Waals surface area contributed by atoms with Crippen LogP contribution < -0.4 is 20.1 Å². The Bertz CT molecular complexity index is 1430. The summed E-state index contributed by atoms with van der Waals surface area (Å²) in [7, 11) is 0. The summed E-state index contributed by atoms with van der Waals surface area (Å²) in [6.07, 6.45) is 10.8. The first-order chi connectivity index (χ1) is 20.4. The fourth-order valence-corrected chi connectivity index (χ4v) is 5.08. The number of rotatable bonds is 8. The maximum Gasteiger partial charge on any atom is 0.187 e. The largest absolute Gasteiger partial charge is 0.452 e. The summed E-state index contributed by atoms with van der Waals surface area (Å²) in [4.78, 5) is 16.4. The molecule has 2 aromatic carbocycles. The molecule has 2 aromatic heterocycles. The molecule has 0 radical (unpaired) electrons. The van der Waals surface area contributed by atoms with Gasteiger partial charge in [-0.15, -0.1) is 0 Å². The molecule has 0 unspecified atom stereocenters. The summed E-state index contributed by atoms with van der Waals surface area (Å²) in [6, 6.07) is 14.4. The lowest BCUT2D eigenvalue weighted by Gasteiger charge is -2.18. The van der Waals surface area contributed by atoms with Crippen molar-refractivity contribution >= 4 is 34.8 Å². The van der Waals surface area contributed by atoms with Gasteiger partial charge in [0.15, 0.2) is 23.1 Å².